The molecule has 5 nitrogen and oxygen atoms in total. The van der Waals surface area contributed by atoms with E-state index in [0.29, 0.717) is 11.8 Å². The van der Waals surface area contributed by atoms with Crippen LogP contribution in [-0.4, -0.2) is 52.7 Å². The molecule has 3 heterocycles. The van der Waals surface area contributed by atoms with Gasteiger partial charge in [-0.3, -0.25) is 4.98 Å². The third-order valence-electron chi connectivity index (χ3n) is 5.64. The van der Waals surface area contributed by atoms with Crippen LogP contribution in [0.2, 0.25) is 0 Å². The van der Waals surface area contributed by atoms with E-state index in [4.69, 9.17) is 9.72 Å². The summed E-state index contributed by atoms with van der Waals surface area (Å²) < 4.78 is 5.47. The Hall–Kier alpha value is -2.22. The number of amides is 1. The van der Waals surface area contributed by atoms with Crippen LogP contribution in [0, 0.1) is 24.8 Å². The number of carbonyl (C=O) groups excluding carboxylic acids is 1. The summed E-state index contributed by atoms with van der Waals surface area (Å²) in [5, 5.41) is 0. The molecule has 2 saturated heterocycles. The number of carbonyl (C=O) groups is 1. The second-order valence-corrected chi connectivity index (χ2v) is 9.39. The molecule has 3 rings (SSSR count). The first kappa shape index (κ1) is 21.5. The van der Waals surface area contributed by atoms with Crippen molar-refractivity contribution in [2.45, 2.75) is 71.3 Å². The summed E-state index contributed by atoms with van der Waals surface area (Å²) in [6, 6.07) is 9.70. The molecule has 0 N–H and O–H groups in total. The summed E-state index contributed by atoms with van der Waals surface area (Å²) in [5.74, 6) is 4.46. The van der Waals surface area contributed by atoms with E-state index < -0.39 is 5.60 Å². The number of piperidine rings is 2. The Morgan fingerprint density at radius 2 is 1.97 bits per heavy atom. The maximum Gasteiger partial charge on any atom is 0.410 e. The van der Waals surface area contributed by atoms with Crippen LogP contribution in [0.15, 0.2) is 18.2 Å². The minimum atomic E-state index is -0.431. The third kappa shape index (κ3) is 6.66. The zero-order chi connectivity index (χ0) is 20.9. The molecule has 2 fully saturated rings. The Kier molecular flexibility index (Phi) is 7.05. The normalized spacial score (nSPS) is 20.8. The number of aromatic nitrogens is 1. The van der Waals surface area contributed by atoms with Gasteiger partial charge in [0, 0.05) is 55.9 Å². The van der Waals surface area contributed by atoms with Crippen LogP contribution < -0.4 is 0 Å². The van der Waals surface area contributed by atoms with Crippen molar-refractivity contribution in [3.63, 3.8) is 0 Å². The predicted molar refractivity (Wildman–Crippen MR) is 115 cm³/mol. The average Bonchev–Trinajstić information content (AvgIpc) is 2.67. The van der Waals surface area contributed by atoms with E-state index in [1.165, 1.54) is 18.5 Å². The molecule has 0 aromatic carbocycles. The summed E-state index contributed by atoms with van der Waals surface area (Å²) in [6.07, 6.45) is 5.09. The van der Waals surface area contributed by atoms with Crippen molar-refractivity contribution in [2.24, 2.45) is 5.92 Å². The molecule has 2 aliphatic heterocycles. The van der Waals surface area contributed by atoms with Gasteiger partial charge in [-0.15, -0.1) is 0 Å². The third-order valence-corrected chi connectivity index (χ3v) is 5.64. The summed E-state index contributed by atoms with van der Waals surface area (Å²) in [6.45, 7) is 11.3. The van der Waals surface area contributed by atoms with Gasteiger partial charge < -0.3 is 14.5 Å². The quantitative estimate of drug-likeness (QED) is 0.686. The van der Waals surface area contributed by atoms with E-state index in [0.717, 1.165) is 51.1 Å². The smallest absolute Gasteiger partial charge is 0.410 e. The highest BCUT2D eigenvalue weighted by atomic mass is 16.6. The first-order valence-corrected chi connectivity index (χ1v) is 10.9. The summed E-state index contributed by atoms with van der Waals surface area (Å²) in [5.41, 5.74) is 1.86. The van der Waals surface area contributed by atoms with Crippen LogP contribution in [0.3, 0.4) is 0 Å². The van der Waals surface area contributed by atoms with E-state index in [9.17, 15) is 4.79 Å². The van der Waals surface area contributed by atoms with Gasteiger partial charge in [0.2, 0.25) is 0 Å². The van der Waals surface area contributed by atoms with Gasteiger partial charge in [-0.2, -0.15) is 0 Å². The molecule has 0 radical (unpaired) electrons. The zero-order valence-corrected chi connectivity index (χ0v) is 18.4. The zero-order valence-electron chi connectivity index (χ0n) is 18.4. The lowest BCUT2D eigenvalue weighted by molar-refractivity contribution is 0.0185. The Bertz CT molecular complexity index is 751. The van der Waals surface area contributed by atoms with Gasteiger partial charge >= 0.3 is 6.09 Å². The largest absolute Gasteiger partial charge is 0.444 e. The van der Waals surface area contributed by atoms with E-state index in [1.807, 2.05) is 25.7 Å². The lowest BCUT2D eigenvalue weighted by Gasteiger charge is -2.33. The number of likely N-dealkylation sites (tertiary alicyclic amines) is 2. The van der Waals surface area contributed by atoms with Crippen LogP contribution in [0.1, 0.15) is 70.2 Å². The SMILES string of the molecule is Cc1cccc(C2CCCN(C#CCC3CCN(C(=O)OC(C)(C)C)CC3)C2)n1. The Morgan fingerprint density at radius 3 is 2.66 bits per heavy atom. The van der Waals surface area contributed by atoms with Crippen molar-refractivity contribution in [3.05, 3.63) is 29.6 Å². The lowest BCUT2D eigenvalue weighted by Crippen LogP contribution is -2.41. The van der Waals surface area contributed by atoms with Gasteiger partial charge in [-0.05, 0) is 71.4 Å². The molecule has 1 atom stereocenters. The molecule has 0 spiro atoms. The van der Waals surface area contributed by atoms with Gasteiger partial charge in [-0.25, -0.2) is 4.79 Å². The minimum Gasteiger partial charge on any atom is -0.444 e. The molecular formula is C24H35N3O2. The van der Waals surface area contributed by atoms with Crippen LogP contribution in [0.25, 0.3) is 0 Å². The molecular weight excluding hydrogens is 362 g/mol. The maximum absolute atomic E-state index is 12.2. The van der Waals surface area contributed by atoms with Gasteiger partial charge in [0.25, 0.3) is 0 Å². The molecule has 1 amide bonds. The van der Waals surface area contributed by atoms with Crippen LogP contribution >= 0.6 is 0 Å². The van der Waals surface area contributed by atoms with Crippen molar-refractivity contribution < 1.29 is 9.53 Å². The van der Waals surface area contributed by atoms with Crippen molar-refractivity contribution in [1.29, 1.82) is 0 Å². The molecule has 2 aliphatic rings. The summed E-state index contributed by atoms with van der Waals surface area (Å²) >= 11 is 0. The first-order chi connectivity index (χ1) is 13.8. The van der Waals surface area contributed by atoms with Gasteiger partial charge in [-0.1, -0.05) is 12.0 Å². The predicted octanol–water partition coefficient (Wildman–Crippen LogP) is 4.57. The van der Waals surface area contributed by atoms with Gasteiger partial charge in [0.15, 0.2) is 0 Å². The lowest BCUT2D eigenvalue weighted by atomic mass is 9.93. The minimum absolute atomic E-state index is 0.189. The van der Waals surface area contributed by atoms with Gasteiger partial charge in [0.05, 0.1) is 0 Å². The number of hydrogen-bond acceptors (Lipinski definition) is 4. The second-order valence-electron chi connectivity index (χ2n) is 9.39. The fourth-order valence-corrected chi connectivity index (χ4v) is 4.06. The van der Waals surface area contributed by atoms with Crippen LogP contribution in [0.5, 0.6) is 0 Å². The Balaban J connectivity index is 1.44. The monoisotopic (exact) mass is 397 g/mol. The number of nitrogens with zero attached hydrogens (tertiary/aromatic N) is 3. The molecule has 1 aromatic rings. The Morgan fingerprint density at radius 1 is 1.21 bits per heavy atom. The molecule has 0 bridgehead atoms. The van der Waals surface area contributed by atoms with Crippen LogP contribution in [0.4, 0.5) is 4.79 Å². The summed E-state index contributed by atoms with van der Waals surface area (Å²) in [7, 11) is 0. The molecule has 0 saturated carbocycles. The van der Waals surface area contributed by atoms with Crippen molar-refractivity contribution in [2.75, 3.05) is 26.2 Å². The topological polar surface area (TPSA) is 45.7 Å². The first-order valence-electron chi connectivity index (χ1n) is 10.9. The highest BCUT2D eigenvalue weighted by Crippen LogP contribution is 2.26. The van der Waals surface area contributed by atoms with E-state index in [-0.39, 0.29) is 6.09 Å². The number of ether oxygens (including phenoxy) is 1. The van der Waals surface area contributed by atoms with E-state index >= 15 is 0 Å². The van der Waals surface area contributed by atoms with Crippen molar-refractivity contribution >= 4 is 6.09 Å². The highest BCUT2D eigenvalue weighted by molar-refractivity contribution is 5.68. The van der Waals surface area contributed by atoms with Crippen molar-refractivity contribution in [1.82, 2.24) is 14.8 Å². The van der Waals surface area contributed by atoms with Crippen molar-refractivity contribution in [3.8, 4) is 12.0 Å². The molecule has 29 heavy (non-hydrogen) atoms. The van der Waals surface area contributed by atoms with E-state index in [1.54, 1.807) is 0 Å². The van der Waals surface area contributed by atoms with E-state index in [2.05, 4.69) is 42.0 Å². The highest BCUT2D eigenvalue weighted by Gasteiger charge is 2.26. The standard InChI is InChI=1S/C24H35N3O2/c1-19-8-5-11-22(25-19)21-10-7-15-26(18-21)14-6-9-20-12-16-27(17-13-20)23(28)29-24(2,3)4/h5,8,11,20-21H,7,9-10,12-13,15-18H2,1-4H3. The number of rotatable bonds is 2. The Labute approximate surface area is 175 Å². The number of hydrogen-bond donors (Lipinski definition) is 0. The second kappa shape index (κ2) is 9.52. The average molecular weight is 398 g/mol. The molecule has 1 aromatic heterocycles. The van der Waals surface area contributed by atoms with Crippen LogP contribution in [-0.2, 0) is 4.74 Å². The number of pyridine rings is 1. The molecule has 5 heteroatoms. The fraction of sp³-hybridized carbons (Fsp3) is 0.667. The summed E-state index contributed by atoms with van der Waals surface area (Å²) in [4.78, 5) is 21.0. The molecule has 0 aliphatic carbocycles. The molecule has 158 valence electrons. The molecule has 1 unspecified atom stereocenters. The maximum atomic E-state index is 12.2. The number of aryl methyl sites for hydroxylation is 1. The van der Waals surface area contributed by atoms with Gasteiger partial charge in [0.1, 0.15) is 5.60 Å². The fourth-order valence-electron chi connectivity index (χ4n) is 4.06.